The molecule has 1 fully saturated rings. The van der Waals surface area contributed by atoms with E-state index in [4.69, 9.17) is 9.72 Å². The molecule has 0 bridgehead atoms. The molecule has 1 amide bonds. The fourth-order valence-corrected chi connectivity index (χ4v) is 5.83. The van der Waals surface area contributed by atoms with Gasteiger partial charge in [0.15, 0.2) is 5.82 Å². The van der Waals surface area contributed by atoms with E-state index in [0.717, 1.165) is 36.5 Å². The highest BCUT2D eigenvalue weighted by molar-refractivity contribution is 5.95. The summed E-state index contributed by atoms with van der Waals surface area (Å²) in [6.45, 7) is 7.16. The molecule has 40 heavy (non-hydrogen) atoms. The number of hydrogen-bond donors (Lipinski definition) is 2. The van der Waals surface area contributed by atoms with Crippen LogP contribution in [0.1, 0.15) is 54.4 Å². The van der Waals surface area contributed by atoms with Crippen LogP contribution in [-0.2, 0) is 15.7 Å². The van der Waals surface area contributed by atoms with E-state index in [-0.39, 0.29) is 23.2 Å². The Morgan fingerprint density at radius 3 is 2.67 bits per heavy atom. The number of ether oxygens (including phenoxy) is 1. The Hall–Kier alpha value is -3.71. The lowest BCUT2D eigenvalue weighted by atomic mass is 10.0. The monoisotopic (exact) mass is 557 g/mol. The van der Waals surface area contributed by atoms with E-state index in [1.807, 2.05) is 17.9 Å². The van der Waals surface area contributed by atoms with Gasteiger partial charge in [-0.2, -0.15) is 22.7 Å². The van der Waals surface area contributed by atoms with Crippen molar-refractivity contribution in [2.75, 3.05) is 49.6 Å². The molecule has 2 atom stereocenters. The molecule has 1 aromatic carbocycles. The molecule has 10 nitrogen and oxygen atoms in total. The van der Waals surface area contributed by atoms with E-state index in [1.54, 1.807) is 4.57 Å². The molecule has 3 aromatic rings. The van der Waals surface area contributed by atoms with Gasteiger partial charge >= 0.3 is 6.18 Å². The first-order chi connectivity index (χ1) is 19.1. The van der Waals surface area contributed by atoms with Crippen molar-refractivity contribution >= 4 is 28.6 Å². The lowest BCUT2D eigenvalue weighted by molar-refractivity contribution is -0.137. The summed E-state index contributed by atoms with van der Waals surface area (Å²) in [5.41, 5.74) is 1.66. The van der Waals surface area contributed by atoms with Gasteiger partial charge in [0.25, 0.3) is 5.56 Å². The number of carbonyl (C=O) groups excluding carboxylic acids is 1. The number of anilines is 2. The summed E-state index contributed by atoms with van der Waals surface area (Å²) in [7, 11) is 0. The second-order valence-electron chi connectivity index (χ2n) is 10.5. The topological polar surface area (TPSA) is 106 Å². The predicted molar refractivity (Wildman–Crippen MR) is 143 cm³/mol. The molecular formula is C27H30F3N7O3. The molecule has 2 N–H and O–H groups in total. The molecule has 3 aliphatic heterocycles. The highest BCUT2D eigenvalue weighted by atomic mass is 19.4. The lowest BCUT2D eigenvalue weighted by Gasteiger charge is -2.31. The number of amides is 1. The third-order valence-corrected chi connectivity index (χ3v) is 7.86. The van der Waals surface area contributed by atoms with Gasteiger partial charge in [-0.05, 0) is 49.1 Å². The summed E-state index contributed by atoms with van der Waals surface area (Å²) in [6, 6.07) is 2.51. The zero-order chi connectivity index (χ0) is 28.2. The summed E-state index contributed by atoms with van der Waals surface area (Å²) in [4.78, 5) is 34.4. The Labute approximate surface area is 227 Å². The van der Waals surface area contributed by atoms with E-state index < -0.39 is 17.8 Å². The first kappa shape index (κ1) is 26.5. The van der Waals surface area contributed by atoms with Crippen molar-refractivity contribution in [1.29, 1.82) is 0 Å². The molecule has 13 heteroatoms. The third kappa shape index (κ3) is 4.56. The van der Waals surface area contributed by atoms with Crippen LogP contribution in [0.25, 0.3) is 11.4 Å². The molecule has 2 aromatic heterocycles. The SMILES string of the molecule is Cc1cc(C(F)(F)F)ccc1NC(=O)[C@H]1C[C@H](C)c2c(N3CCNCC3)c(=O)n3nc(C4=CCOCC4)nc3n21. The fraction of sp³-hybridized carbons (Fsp3) is 0.481. The number of rotatable bonds is 4. The first-order valence-electron chi connectivity index (χ1n) is 13.4. The molecule has 0 radical (unpaired) electrons. The second-order valence-corrected chi connectivity index (χ2v) is 10.5. The Morgan fingerprint density at radius 1 is 1.23 bits per heavy atom. The van der Waals surface area contributed by atoms with Crippen molar-refractivity contribution < 1.29 is 22.7 Å². The number of carbonyl (C=O) groups is 1. The zero-order valence-electron chi connectivity index (χ0n) is 22.2. The molecule has 6 rings (SSSR count). The normalized spacial score (nSPS) is 21.4. The number of alkyl halides is 3. The van der Waals surface area contributed by atoms with E-state index in [9.17, 15) is 22.8 Å². The van der Waals surface area contributed by atoms with Crippen LogP contribution < -0.4 is 21.1 Å². The van der Waals surface area contributed by atoms with E-state index >= 15 is 0 Å². The number of nitrogens with one attached hydrogen (secondary N) is 2. The molecule has 0 unspecified atom stereocenters. The number of aromatic nitrogens is 4. The van der Waals surface area contributed by atoms with Crippen LogP contribution in [0.15, 0.2) is 29.1 Å². The van der Waals surface area contributed by atoms with Gasteiger partial charge in [-0.1, -0.05) is 13.0 Å². The molecule has 0 aliphatic carbocycles. The van der Waals surface area contributed by atoms with Crippen molar-refractivity contribution in [2.45, 2.75) is 44.8 Å². The van der Waals surface area contributed by atoms with Gasteiger partial charge in [0.1, 0.15) is 11.7 Å². The van der Waals surface area contributed by atoms with Crippen molar-refractivity contribution in [3.8, 4) is 0 Å². The minimum Gasteiger partial charge on any atom is -0.377 e. The zero-order valence-corrected chi connectivity index (χ0v) is 22.2. The number of piperazine rings is 1. The Kier molecular flexibility index (Phi) is 6.65. The van der Waals surface area contributed by atoms with Gasteiger partial charge in [-0.25, -0.2) is 0 Å². The van der Waals surface area contributed by atoms with Gasteiger partial charge in [-0.3, -0.25) is 14.2 Å². The maximum absolute atomic E-state index is 13.9. The molecule has 3 aliphatic rings. The fourth-order valence-electron chi connectivity index (χ4n) is 5.83. The van der Waals surface area contributed by atoms with Crippen LogP contribution in [-0.4, -0.2) is 64.5 Å². The van der Waals surface area contributed by atoms with Gasteiger partial charge < -0.3 is 20.3 Å². The van der Waals surface area contributed by atoms with Crippen LogP contribution in [0, 0.1) is 6.92 Å². The number of halogens is 3. The summed E-state index contributed by atoms with van der Waals surface area (Å²) in [6.07, 6.45) is -1.57. The van der Waals surface area contributed by atoms with Gasteiger partial charge in [0.2, 0.25) is 11.7 Å². The number of fused-ring (bicyclic) bond motifs is 3. The quantitative estimate of drug-likeness (QED) is 0.508. The number of nitrogens with zero attached hydrogens (tertiary/aromatic N) is 5. The average molecular weight is 558 g/mol. The molecular weight excluding hydrogens is 527 g/mol. The summed E-state index contributed by atoms with van der Waals surface area (Å²) >= 11 is 0. The molecule has 1 saturated heterocycles. The van der Waals surface area contributed by atoms with Crippen LogP contribution in [0.2, 0.25) is 0 Å². The average Bonchev–Trinajstić information content (AvgIpc) is 3.53. The smallest absolute Gasteiger partial charge is 0.377 e. The minimum absolute atomic E-state index is 0.144. The van der Waals surface area contributed by atoms with Crippen molar-refractivity contribution in [3.63, 3.8) is 0 Å². The van der Waals surface area contributed by atoms with Gasteiger partial charge in [0.05, 0.1) is 24.5 Å². The summed E-state index contributed by atoms with van der Waals surface area (Å²) in [5, 5.41) is 10.7. The van der Waals surface area contributed by atoms with Crippen molar-refractivity contribution in [1.82, 2.24) is 24.5 Å². The number of aryl methyl sites for hydroxylation is 1. The van der Waals surface area contributed by atoms with Crippen LogP contribution >= 0.6 is 0 Å². The Balaban J connectivity index is 1.46. The van der Waals surface area contributed by atoms with E-state index in [0.29, 0.717) is 61.9 Å². The lowest BCUT2D eigenvalue weighted by Crippen LogP contribution is -2.46. The molecule has 0 saturated carbocycles. The summed E-state index contributed by atoms with van der Waals surface area (Å²) < 4.78 is 48.0. The van der Waals surface area contributed by atoms with E-state index in [2.05, 4.69) is 15.7 Å². The number of hydrogen-bond acceptors (Lipinski definition) is 7. The van der Waals surface area contributed by atoms with Gasteiger partial charge in [0, 0.05) is 37.8 Å². The molecule has 5 heterocycles. The summed E-state index contributed by atoms with van der Waals surface area (Å²) in [5.74, 6) is 0.161. The third-order valence-electron chi connectivity index (χ3n) is 7.86. The predicted octanol–water partition coefficient (Wildman–Crippen LogP) is 3.12. The minimum atomic E-state index is -4.48. The molecule has 212 valence electrons. The Bertz CT molecular complexity index is 1570. The first-order valence-corrected chi connectivity index (χ1v) is 13.4. The van der Waals surface area contributed by atoms with Crippen LogP contribution in [0.5, 0.6) is 0 Å². The van der Waals surface area contributed by atoms with Crippen LogP contribution in [0.3, 0.4) is 0 Å². The maximum atomic E-state index is 13.9. The molecule has 0 spiro atoms. The van der Waals surface area contributed by atoms with Gasteiger partial charge in [-0.15, -0.1) is 5.10 Å². The van der Waals surface area contributed by atoms with Crippen molar-refractivity contribution in [2.24, 2.45) is 0 Å². The number of benzene rings is 1. The maximum Gasteiger partial charge on any atom is 0.416 e. The van der Waals surface area contributed by atoms with Crippen LogP contribution in [0.4, 0.5) is 24.5 Å². The standard InChI is InChI=1S/C27H30F3N7O3/c1-15-13-18(27(28,29)30)3-4-19(15)32-24(38)20-14-16(2)21-22(35-9-7-31-8-10-35)25(39)37-26(36(20)21)33-23(34-37)17-5-11-40-12-6-17/h3-5,13,16,20,31H,6-12,14H2,1-2H3,(H,32,38)/t16-,20+/m0/s1. The largest absolute Gasteiger partial charge is 0.416 e. The van der Waals surface area contributed by atoms with E-state index in [1.165, 1.54) is 17.5 Å². The highest BCUT2D eigenvalue weighted by Crippen LogP contribution is 2.42. The second kappa shape index (κ2) is 10.0. The Morgan fingerprint density at radius 2 is 2.00 bits per heavy atom. The van der Waals surface area contributed by atoms with Crippen molar-refractivity contribution in [3.05, 3.63) is 57.3 Å². The highest BCUT2D eigenvalue weighted by Gasteiger charge is 2.40.